The van der Waals surface area contributed by atoms with Crippen LogP contribution in [0, 0.1) is 0 Å². The highest BCUT2D eigenvalue weighted by Gasteiger charge is 2.12. The molecule has 0 saturated heterocycles. The molecule has 2 aliphatic rings. The molecule has 0 bridgehead atoms. The second-order valence-electron chi connectivity index (χ2n) is 8.81. The van der Waals surface area contributed by atoms with Crippen molar-refractivity contribution in [1.29, 1.82) is 0 Å². The minimum atomic E-state index is 0. The molecule has 0 spiro atoms. The Labute approximate surface area is 217 Å². The summed E-state index contributed by atoms with van der Waals surface area (Å²) in [6, 6.07) is 17.0. The Kier molecular flexibility index (Phi) is 8.04. The van der Waals surface area contributed by atoms with E-state index < -0.39 is 0 Å². The van der Waals surface area contributed by atoms with Crippen molar-refractivity contribution in [1.82, 2.24) is 10.6 Å². The van der Waals surface area contributed by atoms with Crippen molar-refractivity contribution in [3.05, 3.63) is 71.2 Å². The summed E-state index contributed by atoms with van der Waals surface area (Å²) in [5, 5.41) is 8.97. The van der Waals surface area contributed by atoms with Crippen LogP contribution in [0.2, 0.25) is 0 Å². The highest BCUT2D eigenvalue weighted by molar-refractivity contribution is 6.03. The molecule has 2 aromatic heterocycles. The van der Waals surface area contributed by atoms with Crippen molar-refractivity contribution in [3.8, 4) is 0 Å². The second-order valence-corrected chi connectivity index (χ2v) is 8.81. The van der Waals surface area contributed by atoms with Crippen molar-refractivity contribution >= 4 is 58.4 Å². The molecule has 2 aliphatic heterocycles. The Morgan fingerprint density at radius 1 is 0.629 bits per heavy atom. The van der Waals surface area contributed by atoms with Crippen molar-refractivity contribution < 1.29 is 8.83 Å². The first-order valence-electron chi connectivity index (χ1n) is 11.9. The normalized spacial score (nSPS) is 14.7. The van der Waals surface area contributed by atoms with Gasteiger partial charge in [0.25, 0.3) is 0 Å². The van der Waals surface area contributed by atoms with Gasteiger partial charge < -0.3 is 19.5 Å². The molecule has 0 unspecified atom stereocenters. The van der Waals surface area contributed by atoms with E-state index in [1.807, 2.05) is 0 Å². The van der Waals surface area contributed by atoms with E-state index in [9.17, 15) is 0 Å². The number of fused-ring (bicyclic) bond motifs is 2. The zero-order valence-corrected chi connectivity index (χ0v) is 21.1. The molecule has 0 amide bonds. The summed E-state index contributed by atoms with van der Waals surface area (Å²) in [4.78, 5) is 9.02. The van der Waals surface area contributed by atoms with E-state index in [1.54, 1.807) is 0 Å². The molecule has 4 heterocycles. The van der Waals surface area contributed by atoms with Crippen LogP contribution in [-0.2, 0) is 12.8 Å². The highest BCUT2D eigenvalue weighted by Crippen LogP contribution is 2.25. The van der Waals surface area contributed by atoms with E-state index in [1.165, 1.54) is 0 Å². The number of nitrogens with one attached hydrogen (secondary N) is 2. The summed E-state index contributed by atoms with van der Waals surface area (Å²) in [5.41, 5.74) is 4.18. The van der Waals surface area contributed by atoms with E-state index in [2.05, 4.69) is 69.1 Å². The molecule has 0 saturated carbocycles. The van der Waals surface area contributed by atoms with Crippen LogP contribution in [0.5, 0.6) is 0 Å². The number of furan rings is 2. The predicted molar refractivity (Wildman–Crippen MR) is 147 cm³/mol. The predicted octanol–water partition coefficient (Wildman–Crippen LogP) is 5.68. The van der Waals surface area contributed by atoms with Gasteiger partial charge in [0.05, 0.1) is 13.1 Å². The average Bonchev–Trinajstić information content (AvgIpc) is 3.64. The quantitative estimate of drug-likeness (QED) is 0.298. The highest BCUT2D eigenvalue weighted by atomic mass is 35.5. The first-order valence-corrected chi connectivity index (χ1v) is 11.9. The monoisotopic (exact) mass is 512 g/mol. The summed E-state index contributed by atoms with van der Waals surface area (Å²) >= 11 is 0. The molecule has 2 N–H and O–H groups in total. The van der Waals surface area contributed by atoms with Gasteiger partial charge in [-0.05, 0) is 61.4 Å². The molecule has 6 rings (SSSR count). The molecular weight excluding hydrogens is 483 g/mol. The van der Waals surface area contributed by atoms with Gasteiger partial charge in [0, 0.05) is 47.8 Å². The van der Waals surface area contributed by atoms with Crippen molar-refractivity contribution in [2.45, 2.75) is 32.1 Å². The van der Waals surface area contributed by atoms with Gasteiger partial charge in [-0.25, -0.2) is 0 Å². The van der Waals surface area contributed by atoms with E-state index in [0.717, 1.165) is 115 Å². The zero-order chi connectivity index (χ0) is 22.0. The molecule has 2 aromatic carbocycles. The maximum atomic E-state index is 6.05. The molecule has 0 atom stereocenters. The topological polar surface area (TPSA) is 75.1 Å². The fourth-order valence-electron chi connectivity index (χ4n) is 4.70. The van der Waals surface area contributed by atoms with Crippen molar-refractivity contribution in [2.75, 3.05) is 26.2 Å². The van der Waals surface area contributed by atoms with Gasteiger partial charge in [-0.15, -0.1) is 24.8 Å². The lowest BCUT2D eigenvalue weighted by Gasteiger charge is -2.01. The molecule has 4 aromatic rings. The molecule has 184 valence electrons. The van der Waals surface area contributed by atoms with Crippen molar-refractivity contribution in [2.24, 2.45) is 9.98 Å². The molecule has 8 heteroatoms. The van der Waals surface area contributed by atoms with Crippen molar-refractivity contribution in [3.63, 3.8) is 0 Å². The smallest absolute Gasteiger partial charge is 0.134 e. The Balaban J connectivity index is 0.00000144. The maximum absolute atomic E-state index is 6.05. The third-order valence-electron chi connectivity index (χ3n) is 6.38. The maximum Gasteiger partial charge on any atom is 0.134 e. The van der Waals surface area contributed by atoms with Gasteiger partial charge in [0.2, 0.25) is 0 Å². The number of aryl methyl sites for hydroxylation is 2. The van der Waals surface area contributed by atoms with Gasteiger partial charge in [-0.3, -0.25) is 9.98 Å². The summed E-state index contributed by atoms with van der Waals surface area (Å²) < 4.78 is 12.1. The summed E-state index contributed by atoms with van der Waals surface area (Å²) in [5.74, 6) is 4.10. The lowest BCUT2D eigenvalue weighted by molar-refractivity contribution is 0.509. The summed E-state index contributed by atoms with van der Waals surface area (Å²) in [6.45, 7) is 3.55. The molecule has 0 fully saturated rings. The fraction of sp³-hybridized carbons (Fsp3) is 0.333. The van der Waals surface area contributed by atoms with E-state index in [4.69, 9.17) is 8.83 Å². The van der Waals surface area contributed by atoms with Gasteiger partial charge in [-0.2, -0.15) is 0 Å². The lowest BCUT2D eigenvalue weighted by atomic mass is 10.1. The minimum absolute atomic E-state index is 0. The Morgan fingerprint density at radius 2 is 1.11 bits per heavy atom. The number of halogens is 2. The minimum Gasteiger partial charge on any atom is -0.461 e. The first-order chi connectivity index (χ1) is 16.3. The number of benzene rings is 2. The van der Waals surface area contributed by atoms with Crippen LogP contribution >= 0.6 is 24.8 Å². The van der Waals surface area contributed by atoms with Crippen LogP contribution in [-0.4, -0.2) is 37.9 Å². The van der Waals surface area contributed by atoms with E-state index in [0.29, 0.717) is 0 Å². The Morgan fingerprint density at radius 3 is 1.54 bits per heavy atom. The summed E-state index contributed by atoms with van der Waals surface area (Å²) in [6.07, 6.45) is 5.28. The third-order valence-corrected chi connectivity index (χ3v) is 6.38. The van der Waals surface area contributed by atoms with Gasteiger partial charge in [0.15, 0.2) is 0 Å². The molecule has 35 heavy (non-hydrogen) atoms. The second kappa shape index (κ2) is 11.2. The Bertz CT molecular complexity index is 1270. The standard InChI is InChI=1S/C27H28N4O2.2ClH/c1(2-4-22-16-20-14-18(6-8-24(20)32-22)26-28-10-11-29-26)3-5-23-17-21-15-19(7-9-25(21)33-23)27-30-12-13-31-27;;/h6-9,14-17H,1-5,10-13H2,(H,28,29)(H,30,31);2*1H. The zero-order valence-electron chi connectivity index (χ0n) is 19.5. The molecule has 0 aliphatic carbocycles. The van der Waals surface area contributed by atoms with Crippen LogP contribution in [0.1, 0.15) is 41.9 Å². The lowest BCUT2D eigenvalue weighted by Crippen LogP contribution is -2.19. The van der Waals surface area contributed by atoms with E-state index in [-0.39, 0.29) is 24.8 Å². The number of unbranched alkanes of at least 4 members (excludes halogenated alkanes) is 2. The average molecular weight is 513 g/mol. The SMILES string of the molecule is Cl.Cl.c1cc2oc(CCCCCc3cc4cc(C5=NCCN5)ccc4o3)cc2cc1C1=NCCN1. The molecule has 0 radical (unpaired) electrons. The fourth-order valence-corrected chi connectivity index (χ4v) is 4.70. The van der Waals surface area contributed by atoms with Crippen LogP contribution in [0.3, 0.4) is 0 Å². The van der Waals surface area contributed by atoms with Gasteiger partial charge in [0.1, 0.15) is 34.4 Å². The van der Waals surface area contributed by atoms with Crippen LogP contribution < -0.4 is 10.6 Å². The largest absolute Gasteiger partial charge is 0.461 e. The number of rotatable bonds is 8. The van der Waals surface area contributed by atoms with Crippen LogP contribution in [0.4, 0.5) is 0 Å². The first kappa shape index (κ1) is 25.1. The number of hydrogen-bond acceptors (Lipinski definition) is 6. The Hall–Kier alpha value is -2.96. The van der Waals surface area contributed by atoms with Gasteiger partial charge in [-0.1, -0.05) is 6.42 Å². The summed E-state index contributed by atoms with van der Waals surface area (Å²) in [7, 11) is 0. The number of aliphatic imine (C=N–C) groups is 2. The van der Waals surface area contributed by atoms with Gasteiger partial charge >= 0.3 is 0 Å². The third kappa shape index (κ3) is 5.49. The van der Waals surface area contributed by atoms with E-state index >= 15 is 0 Å². The number of nitrogens with zero attached hydrogens (tertiary/aromatic N) is 2. The number of amidine groups is 2. The molecular formula is C27H30Cl2N4O2. The van der Waals surface area contributed by atoms with Crippen LogP contribution in [0.15, 0.2) is 67.4 Å². The number of hydrogen-bond donors (Lipinski definition) is 2. The molecule has 6 nitrogen and oxygen atoms in total. The van der Waals surface area contributed by atoms with Crippen LogP contribution in [0.25, 0.3) is 21.9 Å².